The van der Waals surface area contributed by atoms with Gasteiger partial charge in [-0.15, -0.1) is 5.10 Å². The predicted molar refractivity (Wildman–Crippen MR) is 82.6 cm³/mol. The molecule has 5 nitrogen and oxygen atoms in total. The van der Waals surface area contributed by atoms with E-state index in [1.54, 1.807) is 6.20 Å². The lowest BCUT2D eigenvalue weighted by Gasteiger charge is -2.18. The summed E-state index contributed by atoms with van der Waals surface area (Å²) in [5.41, 5.74) is 3.46. The molecule has 0 aliphatic rings. The van der Waals surface area contributed by atoms with Crippen molar-refractivity contribution >= 4 is 17.5 Å². The van der Waals surface area contributed by atoms with E-state index in [2.05, 4.69) is 71.3 Å². The van der Waals surface area contributed by atoms with Gasteiger partial charge in [0.25, 0.3) is 0 Å². The van der Waals surface area contributed by atoms with Crippen molar-refractivity contribution in [2.45, 2.75) is 27.7 Å². The minimum absolute atomic E-state index is 0.659. The SMILES string of the molecule is CCN(CC)c1nncc(Nc2c(C)cccc2C)n1. The number of hydrogen-bond donors (Lipinski definition) is 1. The van der Waals surface area contributed by atoms with Gasteiger partial charge < -0.3 is 10.2 Å². The third-order valence-electron chi connectivity index (χ3n) is 3.33. The Hall–Kier alpha value is -2.17. The van der Waals surface area contributed by atoms with E-state index in [0.29, 0.717) is 5.95 Å². The van der Waals surface area contributed by atoms with Crippen molar-refractivity contribution in [2.24, 2.45) is 0 Å². The molecule has 1 aromatic carbocycles. The maximum absolute atomic E-state index is 4.53. The van der Waals surface area contributed by atoms with E-state index in [4.69, 9.17) is 0 Å². The zero-order valence-corrected chi connectivity index (χ0v) is 12.5. The lowest BCUT2D eigenvalue weighted by Crippen LogP contribution is -2.24. The van der Waals surface area contributed by atoms with Crippen LogP contribution in [0.25, 0.3) is 0 Å². The Kier molecular flexibility index (Phi) is 4.50. The summed E-state index contributed by atoms with van der Waals surface area (Å²) in [5, 5.41) is 11.5. The highest BCUT2D eigenvalue weighted by Gasteiger charge is 2.08. The molecule has 1 N–H and O–H groups in total. The van der Waals surface area contributed by atoms with Crippen LogP contribution in [-0.2, 0) is 0 Å². The summed E-state index contributed by atoms with van der Waals surface area (Å²) in [4.78, 5) is 6.61. The predicted octanol–water partition coefficient (Wildman–Crippen LogP) is 3.08. The van der Waals surface area contributed by atoms with Gasteiger partial charge in [-0.2, -0.15) is 10.1 Å². The standard InChI is InChI=1S/C15H21N5/c1-5-20(6-2)15-18-13(10-16-19-15)17-14-11(3)8-7-9-12(14)4/h7-10H,5-6H2,1-4H3,(H,17,18,19). The van der Waals surface area contributed by atoms with Gasteiger partial charge in [0.1, 0.15) is 0 Å². The number of hydrogen-bond acceptors (Lipinski definition) is 5. The first kappa shape index (κ1) is 14.2. The Morgan fingerprint density at radius 2 is 1.75 bits per heavy atom. The number of rotatable bonds is 5. The van der Waals surface area contributed by atoms with E-state index in [1.165, 1.54) is 11.1 Å². The molecule has 0 atom stereocenters. The molecule has 1 heterocycles. The minimum atomic E-state index is 0.659. The fourth-order valence-electron chi connectivity index (χ4n) is 2.13. The molecule has 2 rings (SSSR count). The van der Waals surface area contributed by atoms with Crippen molar-refractivity contribution in [3.63, 3.8) is 0 Å². The largest absolute Gasteiger partial charge is 0.340 e. The third-order valence-corrected chi connectivity index (χ3v) is 3.33. The van der Waals surface area contributed by atoms with Crippen molar-refractivity contribution in [3.05, 3.63) is 35.5 Å². The molecule has 20 heavy (non-hydrogen) atoms. The molecular weight excluding hydrogens is 250 g/mol. The Bertz CT molecular complexity index is 558. The number of para-hydroxylation sites is 1. The molecule has 0 spiro atoms. The molecule has 0 aliphatic heterocycles. The quantitative estimate of drug-likeness (QED) is 0.905. The summed E-state index contributed by atoms with van der Waals surface area (Å²) in [5.74, 6) is 1.38. The first-order valence-corrected chi connectivity index (χ1v) is 6.93. The minimum Gasteiger partial charge on any atom is -0.340 e. The van der Waals surface area contributed by atoms with Crippen LogP contribution in [0.4, 0.5) is 17.5 Å². The molecular formula is C15H21N5. The van der Waals surface area contributed by atoms with Crippen molar-refractivity contribution in [1.82, 2.24) is 15.2 Å². The Morgan fingerprint density at radius 1 is 1.10 bits per heavy atom. The molecule has 0 radical (unpaired) electrons. The molecule has 106 valence electrons. The van der Waals surface area contributed by atoms with Crippen LogP contribution in [-0.4, -0.2) is 28.3 Å². The first-order valence-electron chi connectivity index (χ1n) is 6.93. The van der Waals surface area contributed by atoms with Gasteiger partial charge in [-0.25, -0.2) is 0 Å². The second-order valence-corrected chi connectivity index (χ2v) is 4.71. The summed E-state index contributed by atoms with van der Waals surface area (Å²) < 4.78 is 0. The highest BCUT2D eigenvalue weighted by atomic mass is 15.3. The second-order valence-electron chi connectivity index (χ2n) is 4.71. The van der Waals surface area contributed by atoms with Gasteiger partial charge >= 0.3 is 0 Å². The maximum atomic E-state index is 4.53. The topological polar surface area (TPSA) is 53.9 Å². The van der Waals surface area contributed by atoms with Crippen LogP contribution >= 0.6 is 0 Å². The Labute approximate surface area is 120 Å². The normalized spacial score (nSPS) is 10.4. The number of benzene rings is 1. The lowest BCUT2D eigenvalue weighted by molar-refractivity contribution is 0.796. The number of aryl methyl sites for hydroxylation is 2. The number of anilines is 3. The molecule has 5 heteroatoms. The molecule has 0 unspecified atom stereocenters. The third kappa shape index (κ3) is 3.04. The summed E-state index contributed by atoms with van der Waals surface area (Å²) in [7, 11) is 0. The van der Waals surface area contributed by atoms with Crippen molar-refractivity contribution < 1.29 is 0 Å². The number of nitrogens with one attached hydrogen (secondary N) is 1. The average molecular weight is 271 g/mol. The van der Waals surface area contributed by atoms with Gasteiger partial charge in [-0.1, -0.05) is 18.2 Å². The Balaban J connectivity index is 2.28. The molecule has 2 aromatic rings. The van der Waals surface area contributed by atoms with E-state index in [9.17, 15) is 0 Å². The number of aromatic nitrogens is 3. The van der Waals surface area contributed by atoms with Crippen LogP contribution in [0.5, 0.6) is 0 Å². The van der Waals surface area contributed by atoms with E-state index >= 15 is 0 Å². The molecule has 1 aromatic heterocycles. The zero-order chi connectivity index (χ0) is 14.5. The van der Waals surface area contributed by atoms with Crippen molar-refractivity contribution in [2.75, 3.05) is 23.3 Å². The average Bonchev–Trinajstić information content (AvgIpc) is 2.45. The molecule has 0 fully saturated rings. The van der Waals surface area contributed by atoms with E-state index in [-0.39, 0.29) is 0 Å². The fraction of sp³-hybridized carbons (Fsp3) is 0.400. The van der Waals surface area contributed by atoms with E-state index in [1.807, 2.05) is 0 Å². The number of nitrogens with zero attached hydrogens (tertiary/aromatic N) is 4. The zero-order valence-electron chi connectivity index (χ0n) is 12.5. The van der Waals surface area contributed by atoms with Crippen LogP contribution in [0.15, 0.2) is 24.4 Å². The van der Waals surface area contributed by atoms with Crippen LogP contribution in [0.3, 0.4) is 0 Å². The van der Waals surface area contributed by atoms with Gasteiger partial charge in [-0.05, 0) is 38.8 Å². The van der Waals surface area contributed by atoms with Crippen LogP contribution in [0, 0.1) is 13.8 Å². The second kappa shape index (κ2) is 6.32. The van der Waals surface area contributed by atoms with Crippen molar-refractivity contribution in [3.8, 4) is 0 Å². The van der Waals surface area contributed by atoms with E-state index in [0.717, 1.165) is 24.6 Å². The molecule has 0 saturated heterocycles. The van der Waals surface area contributed by atoms with E-state index < -0.39 is 0 Å². The van der Waals surface area contributed by atoms with Gasteiger partial charge in [0.15, 0.2) is 5.82 Å². The summed E-state index contributed by atoms with van der Waals surface area (Å²) >= 11 is 0. The maximum Gasteiger partial charge on any atom is 0.247 e. The monoisotopic (exact) mass is 271 g/mol. The van der Waals surface area contributed by atoms with Gasteiger partial charge in [-0.3, -0.25) is 0 Å². The Morgan fingerprint density at radius 3 is 2.35 bits per heavy atom. The highest BCUT2D eigenvalue weighted by molar-refractivity contribution is 5.64. The van der Waals surface area contributed by atoms with Gasteiger partial charge in [0.2, 0.25) is 5.95 Å². The fourth-order valence-corrected chi connectivity index (χ4v) is 2.13. The molecule has 0 bridgehead atoms. The summed E-state index contributed by atoms with van der Waals surface area (Å²) in [6.07, 6.45) is 1.65. The highest BCUT2D eigenvalue weighted by Crippen LogP contribution is 2.23. The summed E-state index contributed by atoms with van der Waals surface area (Å²) in [6.45, 7) is 10.1. The molecule has 0 aliphatic carbocycles. The van der Waals surface area contributed by atoms with Gasteiger partial charge in [0, 0.05) is 18.8 Å². The first-order chi connectivity index (χ1) is 9.65. The smallest absolute Gasteiger partial charge is 0.247 e. The van der Waals surface area contributed by atoms with Crippen LogP contribution in [0.2, 0.25) is 0 Å². The van der Waals surface area contributed by atoms with Crippen LogP contribution in [0.1, 0.15) is 25.0 Å². The molecule has 0 amide bonds. The lowest BCUT2D eigenvalue weighted by atomic mass is 10.1. The molecule has 0 saturated carbocycles. The van der Waals surface area contributed by atoms with Gasteiger partial charge in [0.05, 0.1) is 6.20 Å². The van der Waals surface area contributed by atoms with Crippen LogP contribution < -0.4 is 10.2 Å². The summed E-state index contributed by atoms with van der Waals surface area (Å²) in [6, 6.07) is 6.21. The van der Waals surface area contributed by atoms with Crippen molar-refractivity contribution in [1.29, 1.82) is 0 Å².